The summed E-state index contributed by atoms with van der Waals surface area (Å²) in [6.45, 7) is -7.21. The molecule has 65 nitrogen and oxygen atoms in total. The Kier molecular flexibility index (Phi) is 43.4. The molecule has 12 saturated heterocycles. The second-order valence-electron chi connectivity index (χ2n) is 37.3. The smallest absolute Gasteiger partial charge is 0.217 e. The quantitative estimate of drug-likeness (QED) is 0.0273. The number of hydrogen-bond acceptors (Lipinski definition) is 60. The third kappa shape index (κ3) is 26.8. The summed E-state index contributed by atoms with van der Waals surface area (Å²) in [4.78, 5) is 65.7. The SMILES string of the molecule is CC(=O)N[C@@H]1[C@H](O[C@@H]2[C@@H](O[C@@H]3[C@H](O)[C@H](O[C@H]4[C@H](O)[C@@H](NC(C)=O)[C@H](O[C@H]5[C@H](O)[C@@H](NC(C)=O)[C@H](O)O[C@@H]5CO[C@@H]5O[C@@H](C)[C@@H](O)[C@@H](O)[C@@H]5O)O[C@@H]4CO)O[C@H](CO[C@H]4O[C@H](CO)[C@@H](O)[C@H](O)[C@@H]4O[C@@H]4O[C@H](CO)[C@@H](O[C@@H]5O[C@H](CO)[C@H](O)[C@H](O)[C@H]5O)[C@H](O)[C@H]4NC(C)=O)[C@H]3O)O[C@H](CO)[C@@H](O[C@@H]3O[C@H](CO)[C@@H](O)[C@H](O)[C@H]3NC(C)=O)[C@@H]2O)O[C@H](CO)[C@@H](O[C@@H]2O[C@H](CO)[C@H](O)[C@H](O[C@H]3O[C@H](CO)[C@H](O)[C@H](O)[C@H]3O)[C@H]2O)[C@@H]1O. The minimum absolute atomic E-state index is 0.844. The molecule has 12 rings (SSSR count). The van der Waals surface area contributed by atoms with E-state index in [2.05, 4.69) is 26.6 Å². The summed E-state index contributed by atoms with van der Waals surface area (Å²) in [5, 5.41) is 374. The standard InChI is InChI=1S/C82H137N5O60/c1-18-40(102)52(114)56(118)76(127-18)125-17-34-66(48(110)35(71(124)128-34)83-19(2)97)140-73-37(85-21(4)99)49(111)64(30(13-94)134-73)143-80-61(123)68(46(108)33(138-80)16-126-81-69(55(117)44(106)27(10-91)133-81)146-74-38(86-22(5)100)50(112)62(29(12-93)135-74)141-77-57(119)53(115)42(104)25(8-89)130-77)145-82-70(59(121)65(32(15-96)137-82)139-72-36(84-20(3)98)47(109)41(103)24(7-88)129-72)147-75-39(87-23(6)101)51(113)63(31(14-95)136-75)142-79-60(122)67(45(107)28(11-92)132-79)144-78-58(120)54(116)43(105)26(9-90)131-78/h18,24-82,88-96,102-124H,7-17H2,1-6H3,(H,83,97)(H,84,98)(H,85,99)(H,86,100)(H,87,101)/t18-,24+,25+,26+,27+,28+,29+,30+,31+,32+,33+,34+,35+,36+,37+,38+,39-,40+,41+,42-,43-,44+,45-,46+,47+,48+,49+,50+,51+,52+,53-,54-,55-,56-,57+,58+,59-,60+,61-,62+,63+,64+,65+,66+,67-,68-,69-,70-,71+,72-,73-,74-,75-,76+,77-,78+,79-,80-,81-,82+/m0/s1. The number of ether oxygens (including phenoxy) is 23. The Balaban J connectivity index is 0.918. The van der Waals surface area contributed by atoms with E-state index in [1.54, 1.807) is 0 Å². The van der Waals surface area contributed by atoms with Crippen LogP contribution in [0.2, 0.25) is 0 Å². The van der Waals surface area contributed by atoms with Crippen LogP contribution in [0.4, 0.5) is 0 Å². The zero-order valence-corrected chi connectivity index (χ0v) is 79.2. The van der Waals surface area contributed by atoms with Crippen molar-refractivity contribution in [2.75, 3.05) is 72.7 Å². The van der Waals surface area contributed by atoms with Crippen LogP contribution in [0.15, 0.2) is 0 Å². The molecule has 147 heavy (non-hydrogen) atoms. The summed E-state index contributed by atoms with van der Waals surface area (Å²) in [6, 6.07) is -10.1. The van der Waals surface area contributed by atoms with Gasteiger partial charge in [-0.1, -0.05) is 0 Å². The number of carbonyl (C=O) groups excluding carboxylic acids is 5. The van der Waals surface area contributed by atoms with Crippen molar-refractivity contribution in [3.63, 3.8) is 0 Å². The van der Waals surface area contributed by atoms with Gasteiger partial charge in [0.2, 0.25) is 29.5 Å². The highest BCUT2D eigenvalue weighted by molar-refractivity contribution is 5.75. The highest BCUT2D eigenvalue weighted by atomic mass is 16.8. The first-order valence-corrected chi connectivity index (χ1v) is 47.0. The summed E-state index contributed by atoms with van der Waals surface area (Å²) >= 11 is 0. The molecule has 850 valence electrons. The van der Waals surface area contributed by atoms with Crippen molar-refractivity contribution < 1.29 is 296 Å². The van der Waals surface area contributed by atoms with E-state index in [1.165, 1.54) is 6.92 Å². The Labute approximate surface area is 832 Å². The molecular formula is C82H137N5O60. The summed E-state index contributed by atoms with van der Waals surface area (Å²) in [5.41, 5.74) is 0. The molecule has 37 N–H and O–H groups in total. The molecular weight excluding hydrogens is 2010 g/mol. The lowest BCUT2D eigenvalue weighted by Crippen LogP contribution is -2.71. The van der Waals surface area contributed by atoms with Gasteiger partial charge in [0.25, 0.3) is 0 Å². The van der Waals surface area contributed by atoms with Gasteiger partial charge in [0.1, 0.15) is 287 Å². The van der Waals surface area contributed by atoms with E-state index >= 15 is 0 Å². The third-order valence-electron chi connectivity index (χ3n) is 27.0. The van der Waals surface area contributed by atoms with Crippen molar-refractivity contribution in [2.45, 2.75) is 410 Å². The molecule has 60 atom stereocenters. The lowest BCUT2D eigenvalue weighted by molar-refractivity contribution is -0.406. The Hall–Kier alpha value is -4.85. The lowest BCUT2D eigenvalue weighted by Gasteiger charge is -2.52. The van der Waals surface area contributed by atoms with Crippen LogP contribution in [0.25, 0.3) is 0 Å². The predicted octanol–water partition coefficient (Wildman–Crippen LogP) is -25.4. The van der Waals surface area contributed by atoms with Gasteiger partial charge in [-0.15, -0.1) is 0 Å². The average molecular weight is 2150 g/mol. The van der Waals surface area contributed by atoms with Crippen LogP contribution in [0.5, 0.6) is 0 Å². The van der Waals surface area contributed by atoms with Crippen LogP contribution >= 0.6 is 0 Å². The molecule has 0 unspecified atom stereocenters. The fourth-order valence-electron chi connectivity index (χ4n) is 19.2. The Bertz CT molecular complexity index is 4110. The monoisotopic (exact) mass is 2150 g/mol. The van der Waals surface area contributed by atoms with Gasteiger partial charge >= 0.3 is 0 Å². The number of amides is 5. The largest absolute Gasteiger partial charge is 0.394 e. The van der Waals surface area contributed by atoms with E-state index in [1.807, 2.05) is 0 Å². The van der Waals surface area contributed by atoms with Crippen molar-refractivity contribution in [1.29, 1.82) is 0 Å². The minimum atomic E-state index is -2.79. The topological polar surface area (TPSA) is 1010 Å². The van der Waals surface area contributed by atoms with E-state index in [4.69, 9.17) is 109 Å². The molecule has 0 spiro atoms. The second-order valence-corrected chi connectivity index (χ2v) is 37.3. The maximum Gasteiger partial charge on any atom is 0.217 e. The molecule has 0 saturated carbocycles. The van der Waals surface area contributed by atoms with Crippen LogP contribution < -0.4 is 26.6 Å². The Morgan fingerprint density at radius 2 is 0.429 bits per heavy atom. The van der Waals surface area contributed by atoms with Gasteiger partial charge in [-0.2, -0.15) is 0 Å². The number of aliphatic hydroxyl groups is 32. The van der Waals surface area contributed by atoms with Gasteiger partial charge in [-0.25, -0.2) is 0 Å². The van der Waals surface area contributed by atoms with E-state index < -0.39 is 470 Å². The van der Waals surface area contributed by atoms with Gasteiger partial charge in [-0.3, -0.25) is 24.0 Å². The first-order chi connectivity index (χ1) is 69.5. The number of hydrogen-bond donors (Lipinski definition) is 37. The molecule has 65 heteroatoms. The zero-order valence-electron chi connectivity index (χ0n) is 79.2. The van der Waals surface area contributed by atoms with E-state index in [0.29, 0.717) is 0 Å². The number of carbonyl (C=O) groups is 5. The molecule has 12 fully saturated rings. The van der Waals surface area contributed by atoms with Gasteiger partial charge in [-0.05, 0) is 6.92 Å². The molecule has 12 aliphatic rings. The molecule has 0 aromatic heterocycles. The molecule has 0 radical (unpaired) electrons. The first kappa shape index (κ1) is 121. The number of rotatable bonds is 38. The highest BCUT2D eigenvalue weighted by Gasteiger charge is 2.64. The molecule has 12 heterocycles. The minimum Gasteiger partial charge on any atom is -0.394 e. The number of aliphatic hydroxyl groups excluding tert-OH is 32. The average Bonchev–Trinajstić information content (AvgIpc) is 0.778. The Morgan fingerprint density at radius 1 is 0.190 bits per heavy atom. The molecule has 0 bridgehead atoms. The molecule has 12 aliphatic heterocycles. The summed E-state index contributed by atoms with van der Waals surface area (Å²) in [5.74, 6) is -5.00. The van der Waals surface area contributed by atoms with Crippen LogP contribution in [-0.2, 0) is 133 Å². The zero-order chi connectivity index (χ0) is 108. The summed E-state index contributed by atoms with van der Waals surface area (Å²) in [6.07, 6.45) is -119. The van der Waals surface area contributed by atoms with Gasteiger partial charge in [0.05, 0.1) is 78.8 Å². The van der Waals surface area contributed by atoms with Crippen molar-refractivity contribution in [1.82, 2.24) is 26.6 Å². The first-order valence-electron chi connectivity index (χ1n) is 47.0. The Morgan fingerprint density at radius 3 is 0.816 bits per heavy atom. The van der Waals surface area contributed by atoms with Crippen LogP contribution in [0, 0.1) is 0 Å². The van der Waals surface area contributed by atoms with Crippen LogP contribution in [-0.4, -0.2) is 634 Å². The lowest BCUT2D eigenvalue weighted by atomic mass is 9.93. The molecule has 0 aliphatic carbocycles. The number of nitrogens with one attached hydrogen (secondary N) is 5. The van der Waals surface area contributed by atoms with Gasteiger partial charge in [0.15, 0.2) is 75.5 Å². The molecule has 0 aromatic rings. The van der Waals surface area contributed by atoms with Crippen molar-refractivity contribution in [2.24, 2.45) is 0 Å². The fourth-order valence-corrected chi connectivity index (χ4v) is 19.2. The predicted molar refractivity (Wildman–Crippen MR) is 452 cm³/mol. The normalized spacial score (nSPS) is 49.6. The van der Waals surface area contributed by atoms with Crippen molar-refractivity contribution >= 4 is 29.5 Å². The van der Waals surface area contributed by atoms with E-state index in [0.717, 1.165) is 34.6 Å². The summed E-state index contributed by atoms with van der Waals surface area (Å²) in [7, 11) is 0. The molecule has 5 amide bonds. The third-order valence-corrected chi connectivity index (χ3v) is 27.0. The van der Waals surface area contributed by atoms with Crippen LogP contribution in [0.3, 0.4) is 0 Å². The maximum absolute atomic E-state index is 13.6. The van der Waals surface area contributed by atoms with E-state index in [9.17, 15) is 187 Å². The summed E-state index contributed by atoms with van der Waals surface area (Å²) < 4.78 is 138. The van der Waals surface area contributed by atoms with Crippen LogP contribution in [0.1, 0.15) is 41.5 Å². The second kappa shape index (κ2) is 52.8. The van der Waals surface area contributed by atoms with Crippen molar-refractivity contribution in [3.8, 4) is 0 Å². The van der Waals surface area contributed by atoms with E-state index in [-0.39, 0.29) is 0 Å². The maximum atomic E-state index is 13.6. The fraction of sp³-hybridized carbons (Fsp3) is 0.939. The highest BCUT2D eigenvalue weighted by Crippen LogP contribution is 2.43. The molecule has 0 aromatic carbocycles. The van der Waals surface area contributed by atoms with Gasteiger partial charge in [0, 0.05) is 34.6 Å². The van der Waals surface area contributed by atoms with Crippen molar-refractivity contribution in [3.05, 3.63) is 0 Å². The van der Waals surface area contributed by atoms with Gasteiger partial charge < -0.3 is 299 Å².